The molecule has 1 saturated heterocycles. The molecule has 36 heavy (non-hydrogen) atoms. The first-order valence-electron chi connectivity index (χ1n) is 12.1. The van der Waals surface area contributed by atoms with Crippen molar-refractivity contribution in [3.05, 3.63) is 76.5 Å². The van der Waals surface area contributed by atoms with Gasteiger partial charge in [-0.3, -0.25) is 24.1 Å². The Labute approximate surface area is 214 Å². The molecule has 2 aliphatic heterocycles. The minimum absolute atomic E-state index is 0.126. The van der Waals surface area contributed by atoms with E-state index in [4.69, 9.17) is 6.57 Å². The maximum absolute atomic E-state index is 14.0. The topological polar surface area (TPSA) is 74.1 Å². The van der Waals surface area contributed by atoms with Crippen molar-refractivity contribution in [1.29, 1.82) is 0 Å². The summed E-state index contributed by atoms with van der Waals surface area (Å²) in [7, 11) is 1.66. The average Bonchev–Trinajstić information content (AvgIpc) is 3.55. The highest BCUT2D eigenvalue weighted by Crippen LogP contribution is 2.47. The lowest BCUT2D eigenvalue weighted by atomic mass is 9.80. The van der Waals surface area contributed by atoms with Crippen LogP contribution in [-0.2, 0) is 15.0 Å². The molecule has 0 saturated carbocycles. The Bertz CT molecular complexity index is 1370. The van der Waals surface area contributed by atoms with E-state index >= 15 is 0 Å². The van der Waals surface area contributed by atoms with Crippen LogP contribution in [0.25, 0.3) is 14.9 Å². The van der Waals surface area contributed by atoms with Gasteiger partial charge in [0.25, 0.3) is 11.8 Å². The van der Waals surface area contributed by atoms with Crippen LogP contribution in [0, 0.1) is 12.5 Å². The number of benzene rings is 2. The van der Waals surface area contributed by atoms with Crippen molar-refractivity contribution in [1.82, 2.24) is 9.80 Å². The number of likely N-dealkylation sites (N-methyl/N-ethyl adjacent to an activating group) is 1. The second kappa shape index (κ2) is 9.07. The molecule has 184 valence electrons. The van der Waals surface area contributed by atoms with Crippen LogP contribution in [0.3, 0.4) is 0 Å². The molecule has 1 spiro atoms. The third-order valence-corrected chi connectivity index (χ3v) is 8.40. The molecule has 0 bridgehead atoms. The van der Waals surface area contributed by atoms with Gasteiger partial charge in [0.1, 0.15) is 11.5 Å². The Balaban J connectivity index is 1.46. The second-order valence-corrected chi connectivity index (χ2v) is 11.2. The fourth-order valence-corrected chi connectivity index (χ4v) is 6.47. The van der Waals surface area contributed by atoms with Gasteiger partial charge in [0.15, 0.2) is 0 Å². The first-order chi connectivity index (χ1) is 17.2. The average molecular weight is 501 g/mol. The molecular formula is C28H28N4O3S. The van der Waals surface area contributed by atoms with Crippen molar-refractivity contribution in [2.75, 3.05) is 18.9 Å². The summed E-state index contributed by atoms with van der Waals surface area (Å²) >= 11 is 1.41. The summed E-state index contributed by atoms with van der Waals surface area (Å²) in [5, 5.41) is 3.92. The number of anilines is 1. The van der Waals surface area contributed by atoms with E-state index in [1.165, 1.54) is 21.1 Å². The minimum Gasteiger partial charge on any atom is -0.329 e. The van der Waals surface area contributed by atoms with Gasteiger partial charge in [-0.15, -0.1) is 11.3 Å². The number of hydrogen-bond donors (Lipinski definition) is 1. The highest BCUT2D eigenvalue weighted by Gasteiger charge is 2.59. The molecular weight excluding hydrogens is 472 g/mol. The first kappa shape index (κ1) is 24.0. The Morgan fingerprint density at radius 3 is 2.67 bits per heavy atom. The van der Waals surface area contributed by atoms with Crippen molar-refractivity contribution < 1.29 is 14.4 Å². The Morgan fingerprint density at radius 1 is 1.22 bits per heavy atom. The number of nitrogens with one attached hydrogen (secondary N) is 1. The number of amides is 3. The van der Waals surface area contributed by atoms with Gasteiger partial charge < -0.3 is 10.2 Å². The van der Waals surface area contributed by atoms with E-state index < -0.39 is 17.6 Å². The SMILES string of the molecule is [C-]#[N+][C@@H]1C[C@@]2(CN1C(=O)[C@H](CC(C)C)N(C)C(=O)c1cc3ccccc3s1)C(=O)Nc1ccccc12. The maximum Gasteiger partial charge on any atom is 0.302 e. The third-order valence-electron chi connectivity index (χ3n) is 7.29. The molecule has 1 fully saturated rings. The Morgan fingerprint density at radius 2 is 1.94 bits per heavy atom. The van der Waals surface area contributed by atoms with Crippen molar-refractivity contribution in [2.45, 2.75) is 44.3 Å². The zero-order valence-corrected chi connectivity index (χ0v) is 21.3. The molecule has 3 atom stereocenters. The molecule has 1 N–H and O–H groups in total. The lowest BCUT2D eigenvalue weighted by Crippen LogP contribution is -2.51. The van der Waals surface area contributed by atoms with Crippen molar-refractivity contribution >= 4 is 44.8 Å². The van der Waals surface area contributed by atoms with Crippen LogP contribution < -0.4 is 5.32 Å². The maximum atomic E-state index is 14.0. The van der Waals surface area contributed by atoms with E-state index in [0.717, 1.165) is 21.3 Å². The number of fused-ring (bicyclic) bond motifs is 3. The lowest BCUT2D eigenvalue weighted by molar-refractivity contribution is -0.136. The van der Waals surface area contributed by atoms with Gasteiger partial charge in [0.2, 0.25) is 5.91 Å². The molecule has 0 radical (unpaired) electrons. The van der Waals surface area contributed by atoms with Crippen LogP contribution in [-0.4, -0.2) is 53.3 Å². The fraction of sp³-hybridized carbons (Fsp3) is 0.357. The molecule has 2 aromatic carbocycles. The van der Waals surface area contributed by atoms with Gasteiger partial charge >= 0.3 is 6.17 Å². The van der Waals surface area contributed by atoms with Gasteiger partial charge in [0, 0.05) is 24.0 Å². The normalized spacial score (nSPS) is 21.5. The van der Waals surface area contributed by atoms with Crippen molar-refractivity contribution in [3.63, 3.8) is 0 Å². The number of thiophene rings is 1. The highest BCUT2D eigenvalue weighted by molar-refractivity contribution is 7.20. The molecule has 7 nitrogen and oxygen atoms in total. The number of carbonyl (C=O) groups excluding carboxylic acids is 3. The van der Waals surface area contributed by atoms with E-state index in [-0.39, 0.29) is 36.6 Å². The monoisotopic (exact) mass is 500 g/mol. The van der Waals surface area contributed by atoms with Gasteiger partial charge in [-0.1, -0.05) is 50.2 Å². The summed E-state index contributed by atoms with van der Waals surface area (Å²) in [5.74, 6) is -0.527. The van der Waals surface area contributed by atoms with Crippen molar-refractivity contribution in [2.24, 2.45) is 5.92 Å². The predicted octanol–water partition coefficient (Wildman–Crippen LogP) is 4.76. The number of carbonyl (C=O) groups is 3. The number of hydrogen-bond acceptors (Lipinski definition) is 4. The summed E-state index contributed by atoms with van der Waals surface area (Å²) in [6.45, 7) is 12.0. The van der Waals surface area contributed by atoms with Crippen molar-refractivity contribution in [3.8, 4) is 0 Å². The number of para-hydroxylation sites is 1. The minimum atomic E-state index is -0.947. The summed E-state index contributed by atoms with van der Waals surface area (Å²) < 4.78 is 1.02. The van der Waals surface area contributed by atoms with Crippen LogP contribution in [0.1, 0.15) is 41.9 Å². The standard InChI is InChI=1S/C28H28N4O3S/c1-17(2)13-21(31(4)26(34)23-14-18-9-5-8-12-22(18)36-23)25(33)32-16-28(15-24(32)29-3)19-10-6-7-11-20(19)30-27(28)35/h5-12,14,17,21,24H,13,15-16H2,1-2,4H3,(H,30,35)/t21-,24-,28-/m0/s1. The molecule has 0 aliphatic carbocycles. The van der Waals surface area contributed by atoms with Gasteiger partial charge in [-0.2, -0.15) is 0 Å². The summed E-state index contributed by atoms with van der Waals surface area (Å²) in [5.41, 5.74) is 0.614. The van der Waals surface area contributed by atoms with Gasteiger partial charge in [0.05, 0.1) is 11.3 Å². The Hall–Kier alpha value is -3.70. The lowest BCUT2D eigenvalue weighted by Gasteiger charge is -2.32. The fourth-order valence-electron chi connectivity index (χ4n) is 5.42. The van der Waals surface area contributed by atoms with E-state index in [1.807, 2.05) is 68.4 Å². The summed E-state index contributed by atoms with van der Waals surface area (Å²) in [6, 6.07) is 16.4. The molecule has 3 aromatic rings. The molecule has 3 heterocycles. The van der Waals surface area contributed by atoms with Crippen LogP contribution in [0.5, 0.6) is 0 Å². The number of nitrogens with zero attached hydrogens (tertiary/aromatic N) is 3. The second-order valence-electron chi connectivity index (χ2n) is 10.1. The van der Waals surface area contributed by atoms with Crippen LogP contribution in [0.15, 0.2) is 54.6 Å². The quantitative estimate of drug-likeness (QED) is 0.514. The Kier molecular flexibility index (Phi) is 6.05. The van der Waals surface area contributed by atoms with Crippen LogP contribution in [0.4, 0.5) is 5.69 Å². The van der Waals surface area contributed by atoms with E-state index in [9.17, 15) is 14.4 Å². The number of rotatable bonds is 5. The van der Waals surface area contributed by atoms with E-state index in [2.05, 4.69) is 10.2 Å². The number of likely N-dealkylation sites (tertiary alicyclic amines) is 1. The van der Waals surface area contributed by atoms with E-state index in [1.54, 1.807) is 7.05 Å². The molecule has 3 amide bonds. The van der Waals surface area contributed by atoms with Crippen LogP contribution in [0.2, 0.25) is 0 Å². The first-order valence-corrected chi connectivity index (χ1v) is 12.9. The highest BCUT2D eigenvalue weighted by atomic mass is 32.1. The molecule has 2 aliphatic rings. The molecule has 8 heteroatoms. The predicted molar refractivity (Wildman–Crippen MR) is 141 cm³/mol. The summed E-state index contributed by atoms with van der Waals surface area (Å²) in [6.07, 6.45) is -0.0620. The third kappa shape index (κ3) is 3.84. The molecule has 5 rings (SSSR count). The zero-order chi connectivity index (χ0) is 25.6. The van der Waals surface area contributed by atoms with Gasteiger partial charge in [-0.25, -0.2) is 6.57 Å². The molecule has 1 aromatic heterocycles. The van der Waals surface area contributed by atoms with Gasteiger partial charge in [-0.05, 0) is 41.5 Å². The zero-order valence-electron chi connectivity index (χ0n) is 20.5. The van der Waals surface area contributed by atoms with E-state index in [0.29, 0.717) is 11.3 Å². The largest absolute Gasteiger partial charge is 0.329 e. The smallest absolute Gasteiger partial charge is 0.302 e. The molecule has 0 unspecified atom stereocenters. The summed E-state index contributed by atoms with van der Waals surface area (Å²) in [4.78, 5) is 48.0. The van der Waals surface area contributed by atoms with Crippen LogP contribution >= 0.6 is 11.3 Å².